The van der Waals surface area contributed by atoms with E-state index in [0.717, 1.165) is 18.2 Å². The van der Waals surface area contributed by atoms with Crippen LogP contribution in [-0.2, 0) is 9.47 Å². The fourth-order valence-electron chi connectivity index (χ4n) is 3.65. The summed E-state index contributed by atoms with van der Waals surface area (Å²) in [5.41, 5.74) is 0.142. The van der Waals surface area contributed by atoms with E-state index in [9.17, 15) is 46.0 Å². The van der Waals surface area contributed by atoms with Crippen molar-refractivity contribution in [1.29, 1.82) is 0 Å². The van der Waals surface area contributed by atoms with E-state index in [1.54, 1.807) is 0 Å². The standard InChI is InChI=1S/C21H22O12/c22-6-15-17(28)18(29)19(30)21(33-15)32-14-5-9-10(24)3-8(23)4-13(9)31-20(14)7-1-11(25)16(27)12(26)2-7/h1-5,15,17-30H,6H2/t15-,17+,18+,19-,20?,21-/m1/s1. The predicted octanol–water partition coefficient (Wildman–Crippen LogP) is -0.494. The number of rotatable bonds is 4. The first-order chi connectivity index (χ1) is 15.6. The van der Waals surface area contributed by atoms with Crippen LogP contribution in [0.25, 0.3) is 6.08 Å². The molecule has 6 atom stereocenters. The van der Waals surface area contributed by atoms with Crippen molar-refractivity contribution < 1.29 is 60.2 Å². The minimum absolute atomic E-state index is 0.00528. The van der Waals surface area contributed by atoms with E-state index >= 15 is 0 Å². The molecule has 0 saturated carbocycles. The highest BCUT2D eigenvalue weighted by atomic mass is 16.7. The van der Waals surface area contributed by atoms with Crippen molar-refractivity contribution in [3.05, 3.63) is 41.2 Å². The Labute approximate surface area is 186 Å². The van der Waals surface area contributed by atoms with Gasteiger partial charge in [-0.15, -0.1) is 0 Å². The molecule has 1 unspecified atom stereocenters. The van der Waals surface area contributed by atoms with Crippen molar-refractivity contribution in [2.24, 2.45) is 0 Å². The monoisotopic (exact) mass is 466 g/mol. The van der Waals surface area contributed by atoms with Gasteiger partial charge in [-0.3, -0.25) is 0 Å². The molecule has 1 saturated heterocycles. The van der Waals surface area contributed by atoms with Crippen molar-refractivity contribution in [2.75, 3.05) is 6.61 Å². The molecule has 2 heterocycles. The normalized spacial score (nSPS) is 29.0. The lowest BCUT2D eigenvalue weighted by atomic mass is 9.98. The molecule has 12 heteroatoms. The van der Waals surface area contributed by atoms with E-state index in [1.165, 1.54) is 12.1 Å². The molecule has 2 aromatic carbocycles. The molecule has 0 aliphatic carbocycles. The number of aromatic hydroxyl groups is 5. The SMILES string of the molecule is OC[C@H]1O[C@@H](OC2=Cc3c(O)cc(O)cc3OC2c2cc(O)c(O)c(O)c2)[C@H](O)[C@@H](O)[C@H]1O. The smallest absolute Gasteiger partial charge is 0.228 e. The average molecular weight is 466 g/mol. The van der Waals surface area contributed by atoms with Crippen LogP contribution in [0.1, 0.15) is 17.2 Å². The molecule has 2 aromatic rings. The van der Waals surface area contributed by atoms with Crippen LogP contribution in [0, 0.1) is 0 Å². The number of ether oxygens (including phenoxy) is 3. The molecule has 0 spiro atoms. The van der Waals surface area contributed by atoms with Gasteiger partial charge >= 0.3 is 0 Å². The zero-order chi connectivity index (χ0) is 24.0. The predicted molar refractivity (Wildman–Crippen MR) is 107 cm³/mol. The van der Waals surface area contributed by atoms with Gasteiger partial charge in [0.25, 0.3) is 0 Å². The van der Waals surface area contributed by atoms with Crippen LogP contribution in [0.3, 0.4) is 0 Å². The molecule has 33 heavy (non-hydrogen) atoms. The van der Waals surface area contributed by atoms with Gasteiger partial charge in [-0.05, 0) is 18.2 Å². The molecule has 12 nitrogen and oxygen atoms in total. The zero-order valence-corrected chi connectivity index (χ0v) is 16.8. The molecule has 1 fully saturated rings. The number of hydrogen-bond acceptors (Lipinski definition) is 12. The van der Waals surface area contributed by atoms with Gasteiger partial charge in [0.2, 0.25) is 6.29 Å². The van der Waals surface area contributed by atoms with Crippen LogP contribution in [0.15, 0.2) is 30.0 Å². The number of benzene rings is 2. The number of aliphatic hydroxyl groups excluding tert-OH is 4. The highest BCUT2D eigenvalue weighted by molar-refractivity contribution is 5.70. The summed E-state index contributed by atoms with van der Waals surface area (Å²) in [6.07, 6.45) is -7.92. The highest BCUT2D eigenvalue weighted by Crippen LogP contribution is 2.46. The molecule has 0 radical (unpaired) electrons. The lowest BCUT2D eigenvalue weighted by molar-refractivity contribution is -0.293. The topological polar surface area (TPSA) is 210 Å². The summed E-state index contributed by atoms with van der Waals surface area (Å²) in [6, 6.07) is 4.38. The Kier molecular flexibility index (Phi) is 5.86. The second-order valence-electron chi connectivity index (χ2n) is 7.64. The molecule has 2 aliphatic heterocycles. The fourth-order valence-corrected chi connectivity index (χ4v) is 3.65. The van der Waals surface area contributed by atoms with Gasteiger partial charge < -0.3 is 60.2 Å². The van der Waals surface area contributed by atoms with Crippen molar-refractivity contribution >= 4 is 6.08 Å². The third-order valence-electron chi connectivity index (χ3n) is 5.39. The molecule has 9 N–H and O–H groups in total. The van der Waals surface area contributed by atoms with Gasteiger partial charge in [0.05, 0.1) is 12.2 Å². The number of fused-ring (bicyclic) bond motifs is 1. The van der Waals surface area contributed by atoms with E-state index < -0.39 is 60.7 Å². The molecule has 2 aliphatic rings. The van der Waals surface area contributed by atoms with Gasteiger partial charge in [0.15, 0.2) is 23.4 Å². The Morgan fingerprint density at radius 2 is 1.48 bits per heavy atom. The summed E-state index contributed by atoms with van der Waals surface area (Å²) in [6.45, 7) is -0.688. The first-order valence-electron chi connectivity index (χ1n) is 9.77. The summed E-state index contributed by atoms with van der Waals surface area (Å²) < 4.78 is 16.9. The first kappa shape index (κ1) is 22.8. The quantitative estimate of drug-likeness (QED) is 0.261. The number of aliphatic hydroxyl groups is 4. The van der Waals surface area contributed by atoms with E-state index in [4.69, 9.17) is 14.2 Å². The van der Waals surface area contributed by atoms with Crippen LogP contribution in [0.5, 0.6) is 34.5 Å². The summed E-state index contributed by atoms with van der Waals surface area (Å²) in [7, 11) is 0. The summed E-state index contributed by atoms with van der Waals surface area (Å²) in [4.78, 5) is 0. The first-order valence-corrected chi connectivity index (χ1v) is 9.77. The maximum atomic E-state index is 10.3. The molecule has 0 bridgehead atoms. The van der Waals surface area contributed by atoms with Crippen molar-refractivity contribution in [2.45, 2.75) is 36.8 Å². The van der Waals surface area contributed by atoms with Crippen LogP contribution in [-0.4, -0.2) is 83.3 Å². The Morgan fingerprint density at radius 1 is 0.818 bits per heavy atom. The highest BCUT2D eigenvalue weighted by Gasteiger charge is 2.46. The van der Waals surface area contributed by atoms with Gasteiger partial charge in [-0.1, -0.05) is 0 Å². The van der Waals surface area contributed by atoms with Crippen LogP contribution in [0.4, 0.5) is 0 Å². The molecule has 0 aromatic heterocycles. The van der Waals surface area contributed by atoms with Crippen molar-refractivity contribution in [3.8, 4) is 34.5 Å². The van der Waals surface area contributed by atoms with Crippen LogP contribution < -0.4 is 4.74 Å². The van der Waals surface area contributed by atoms with E-state index in [1.807, 2.05) is 0 Å². The Bertz CT molecular complexity index is 1060. The van der Waals surface area contributed by atoms with Crippen molar-refractivity contribution in [3.63, 3.8) is 0 Å². The Hall–Kier alpha value is -3.42. The second-order valence-corrected chi connectivity index (χ2v) is 7.64. The minimum Gasteiger partial charge on any atom is -0.508 e. The molecular formula is C21H22O12. The Balaban J connectivity index is 1.76. The molecular weight excluding hydrogens is 444 g/mol. The molecule has 0 amide bonds. The van der Waals surface area contributed by atoms with Gasteiger partial charge in [0, 0.05) is 17.7 Å². The molecule has 178 valence electrons. The van der Waals surface area contributed by atoms with E-state index in [0.29, 0.717) is 0 Å². The molecule has 4 rings (SSSR count). The average Bonchev–Trinajstić information content (AvgIpc) is 2.77. The lowest BCUT2D eigenvalue weighted by Gasteiger charge is -2.41. The van der Waals surface area contributed by atoms with Gasteiger partial charge in [0.1, 0.15) is 47.4 Å². The minimum atomic E-state index is -1.75. The van der Waals surface area contributed by atoms with Gasteiger partial charge in [-0.2, -0.15) is 0 Å². The largest absolute Gasteiger partial charge is 0.508 e. The fraction of sp³-hybridized carbons (Fsp3) is 0.333. The number of hydrogen-bond donors (Lipinski definition) is 9. The summed E-state index contributed by atoms with van der Waals surface area (Å²) >= 11 is 0. The Morgan fingerprint density at radius 3 is 2.12 bits per heavy atom. The van der Waals surface area contributed by atoms with Crippen LogP contribution >= 0.6 is 0 Å². The maximum Gasteiger partial charge on any atom is 0.228 e. The zero-order valence-electron chi connectivity index (χ0n) is 16.8. The third kappa shape index (κ3) is 4.05. The third-order valence-corrected chi connectivity index (χ3v) is 5.39. The number of phenols is 5. The van der Waals surface area contributed by atoms with E-state index in [-0.39, 0.29) is 34.1 Å². The van der Waals surface area contributed by atoms with E-state index in [2.05, 4.69) is 0 Å². The van der Waals surface area contributed by atoms with Crippen LogP contribution in [0.2, 0.25) is 0 Å². The van der Waals surface area contributed by atoms with Gasteiger partial charge in [-0.25, -0.2) is 0 Å². The summed E-state index contributed by atoms with van der Waals surface area (Å²) in [5, 5.41) is 89.2. The second kappa shape index (κ2) is 8.50. The lowest BCUT2D eigenvalue weighted by Crippen LogP contribution is -2.59. The summed E-state index contributed by atoms with van der Waals surface area (Å²) in [5.74, 6) is -2.95. The number of phenolic OH excluding ortho intramolecular Hbond substituents is 5. The maximum absolute atomic E-state index is 10.3. The van der Waals surface area contributed by atoms with Crippen molar-refractivity contribution in [1.82, 2.24) is 0 Å².